The van der Waals surface area contributed by atoms with E-state index in [4.69, 9.17) is 4.74 Å². The largest absolute Gasteiger partial charge is 0.379 e. The van der Waals surface area contributed by atoms with E-state index in [2.05, 4.69) is 77.1 Å². The molecule has 3 heterocycles. The van der Waals surface area contributed by atoms with Crippen LogP contribution in [0.4, 0.5) is 0 Å². The SMILES string of the molecule is Brc1cc(Br)cc(C(C(c2cccnc2)c2cccnc2)N2CCOCC2)c1. The quantitative estimate of drug-likeness (QED) is 0.480. The predicted octanol–water partition coefficient (Wildman–Crippen LogP) is 5.21. The first-order chi connectivity index (χ1) is 13.7. The average molecular weight is 503 g/mol. The van der Waals surface area contributed by atoms with Gasteiger partial charge in [-0.15, -0.1) is 0 Å². The van der Waals surface area contributed by atoms with Crippen LogP contribution in [0, 0.1) is 0 Å². The Kier molecular flexibility index (Phi) is 6.52. The smallest absolute Gasteiger partial charge is 0.0594 e. The summed E-state index contributed by atoms with van der Waals surface area (Å²) in [5.74, 6) is 0.113. The van der Waals surface area contributed by atoms with Crippen molar-refractivity contribution in [1.82, 2.24) is 14.9 Å². The zero-order chi connectivity index (χ0) is 19.3. The maximum Gasteiger partial charge on any atom is 0.0594 e. The zero-order valence-electron chi connectivity index (χ0n) is 15.3. The molecule has 1 aromatic carbocycles. The molecule has 0 amide bonds. The molecule has 28 heavy (non-hydrogen) atoms. The molecular weight excluding hydrogens is 482 g/mol. The third kappa shape index (κ3) is 4.51. The van der Waals surface area contributed by atoms with E-state index < -0.39 is 0 Å². The summed E-state index contributed by atoms with van der Waals surface area (Å²) in [6, 6.07) is 15.0. The average Bonchev–Trinajstić information content (AvgIpc) is 2.73. The summed E-state index contributed by atoms with van der Waals surface area (Å²) in [5, 5.41) is 0. The van der Waals surface area contributed by atoms with Crippen LogP contribution in [0.5, 0.6) is 0 Å². The van der Waals surface area contributed by atoms with Crippen LogP contribution in [0.1, 0.15) is 28.7 Å². The zero-order valence-corrected chi connectivity index (χ0v) is 18.5. The van der Waals surface area contributed by atoms with Crippen LogP contribution in [-0.2, 0) is 4.74 Å². The predicted molar refractivity (Wildman–Crippen MR) is 117 cm³/mol. The van der Waals surface area contributed by atoms with Crippen molar-refractivity contribution in [2.75, 3.05) is 26.3 Å². The fraction of sp³-hybridized carbons (Fsp3) is 0.273. The molecule has 0 radical (unpaired) electrons. The molecule has 1 unspecified atom stereocenters. The van der Waals surface area contributed by atoms with Gasteiger partial charge in [0.25, 0.3) is 0 Å². The van der Waals surface area contributed by atoms with Crippen LogP contribution >= 0.6 is 31.9 Å². The van der Waals surface area contributed by atoms with Gasteiger partial charge in [0.05, 0.1) is 13.2 Å². The molecule has 1 saturated heterocycles. The molecule has 1 atom stereocenters. The Labute approximate surface area is 182 Å². The number of benzene rings is 1. The van der Waals surface area contributed by atoms with E-state index in [9.17, 15) is 0 Å². The molecule has 1 aliphatic heterocycles. The Morgan fingerprint density at radius 3 is 1.89 bits per heavy atom. The van der Waals surface area contributed by atoms with Crippen LogP contribution in [0.2, 0.25) is 0 Å². The summed E-state index contributed by atoms with van der Waals surface area (Å²) in [5.41, 5.74) is 3.62. The van der Waals surface area contributed by atoms with Crippen LogP contribution in [-0.4, -0.2) is 41.2 Å². The number of rotatable bonds is 5. The van der Waals surface area contributed by atoms with E-state index in [1.165, 1.54) is 16.7 Å². The van der Waals surface area contributed by atoms with Crippen LogP contribution < -0.4 is 0 Å². The standard InChI is InChI=1S/C22H21Br2N3O/c23-19-11-18(12-20(24)13-19)22(27-7-9-28-10-8-27)21(16-3-1-5-25-14-16)17-4-2-6-26-15-17/h1-6,11-15,21-22H,7-10H2. The fourth-order valence-corrected chi connectivity index (χ4v) is 5.22. The minimum absolute atomic E-state index is 0.113. The molecule has 1 aliphatic rings. The van der Waals surface area contributed by atoms with Crippen LogP contribution in [0.3, 0.4) is 0 Å². The highest BCUT2D eigenvalue weighted by molar-refractivity contribution is 9.11. The number of hydrogen-bond acceptors (Lipinski definition) is 4. The number of hydrogen-bond donors (Lipinski definition) is 0. The van der Waals surface area contributed by atoms with E-state index in [0.29, 0.717) is 0 Å². The highest BCUT2D eigenvalue weighted by Gasteiger charge is 2.33. The van der Waals surface area contributed by atoms with Gasteiger partial charge >= 0.3 is 0 Å². The lowest BCUT2D eigenvalue weighted by atomic mass is 9.82. The molecule has 1 fully saturated rings. The van der Waals surface area contributed by atoms with Gasteiger partial charge in [0.2, 0.25) is 0 Å². The lowest BCUT2D eigenvalue weighted by Crippen LogP contribution is -2.41. The van der Waals surface area contributed by atoms with Gasteiger partial charge in [-0.2, -0.15) is 0 Å². The van der Waals surface area contributed by atoms with Gasteiger partial charge in [-0.1, -0.05) is 44.0 Å². The molecule has 0 aliphatic carbocycles. The van der Waals surface area contributed by atoms with E-state index in [1.54, 1.807) is 0 Å². The molecule has 144 valence electrons. The number of morpholine rings is 1. The van der Waals surface area contributed by atoms with Gasteiger partial charge in [0.15, 0.2) is 0 Å². The summed E-state index contributed by atoms with van der Waals surface area (Å²) in [6.07, 6.45) is 7.59. The first-order valence-electron chi connectivity index (χ1n) is 9.30. The number of ether oxygens (including phenoxy) is 1. The second-order valence-corrected chi connectivity index (χ2v) is 8.68. The second-order valence-electron chi connectivity index (χ2n) is 6.85. The summed E-state index contributed by atoms with van der Waals surface area (Å²) in [4.78, 5) is 11.3. The fourth-order valence-electron chi connectivity index (χ4n) is 3.89. The van der Waals surface area contributed by atoms with E-state index in [0.717, 1.165) is 35.2 Å². The minimum atomic E-state index is 0.113. The van der Waals surface area contributed by atoms with Gasteiger partial charge in [-0.25, -0.2) is 0 Å². The molecule has 3 aromatic rings. The number of nitrogens with zero attached hydrogens (tertiary/aromatic N) is 3. The van der Waals surface area contributed by atoms with Crippen molar-refractivity contribution in [3.05, 3.63) is 92.9 Å². The summed E-state index contributed by atoms with van der Waals surface area (Å²) >= 11 is 7.34. The van der Waals surface area contributed by atoms with Gasteiger partial charge in [0.1, 0.15) is 0 Å². The van der Waals surface area contributed by atoms with Crippen molar-refractivity contribution in [2.45, 2.75) is 12.0 Å². The van der Waals surface area contributed by atoms with E-state index in [-0.39, 0.29) is 12.0 Å². The number of halogens is 2. The third-order valence-electron chi connectivity index (χ3n) is 5.07. The molecule has 0 spiro atoms. The van der Waals surface area contributed by atoms with E-state index in [1.807, 2.05) is 36.9 Å². The van der Waals surface area contributed by atoms with E-state index >= 15 is 0 Å². The molecule has 0 saturated carbocycles. The number of pyridine rings is 2. The summed E-state index contributed by atoms with van der Waals surface area (Å²) < 4.78 is 7.76. The maximum absolute atomic E-state index is 5.64. The van der Waals surface area contributed by atoms with Crippen molar-refractivity contribution in [2.24, 2.45) is 0 Å². The monoisotopic (exact) mass is 501 g/mol. The van der Waals surface area contributed by atoms with Gasteiger partial charge < -0.3 is 4.74 Å². The Morgan fingerprint density at radius 1 is 0.821 bits per heavy atom. The molecule has 4 nitrogen and oxygen atoms in total. The van der Waals surface area contributed by atoms with Crippen molar-refractivity contribution in [1.29, 1.82) is 0 Å². The van der Waals surface area contributed by atoms with Crippen molar-refractivity contribution < 1.29 is 4.74 Å². The molecule has 2 aromatic heterocycles. The van der Waals surface area contributed by atoms with Gasteiger partial charge in [-0.05, 0) is 47.0 Å². The van der Waals surface area contributed by atoms with Crippen LogP contribution in [0.25, 0.3) is 0 Å². The maximum atomic E-state index is 5.64. The van der Waals surface area contributed by atoms with Gasteiger partial charge in [0, 0.05) is 58.8 Å². The Morgan fingerprint density at radius 2 is 1.39 bits per heavy atom. The molecular formula is C22H21Br2N3O. The van der Waals surface area contributed by atoms with Crippen molar-refractivity contribution in [3.63, 3.8) is 0 Å². The minimum Gasteiger partial charge on any atom is -0.379 e. The highest BCUT2D eigenvalue weighted by Crippen LogP contribution is 2.42. The highest BCUT2D eigenvalue weighted by atomic mass is 79.9. The Bertz CT molecular complexity index is 842. The second kappa shape index (κ2) is 9.27. The van der Waals surface area contributed by atoms with Gasteiger partial charge in [-0.3, -0.25) is 14.9 Å². The van der Waals surface area contributed by atoms with Crippen molar-refractivity contribution in [3.8, 4) is 0 Å². The van der Waals surface area contributed by atoms with Crippen LogP contribution in [0.15, 0.2) is 76.2 Å². The summed E-state index contributed by atoms with van der Waals surface area (Å²) in [6.45, 7) is 3.29. The number of aromatic nitrogens is 2. The molecule has 0 N–H and O–H groups in total. The Balaban J connectivity index is 1.88. The normalized spacial score (nSPS) is 16.2. The topological polar surface area (TPSA) is 38.2 Å². The first kappa shape index (κ1) is 19.7. The molecule has 0 bridgehead atoms. The lowest BCUT2D eigenvalue weighted by Gasteiger charge is -2.40. The lowest BCUT2D eigenvalue weighted by molar-refractivity contribution is 0.0124. The first-order valence-corrected chi connectivity index (χ1v) is 10.9. The molecule has 4 rings (SSSR count). The van der Waals surface area contributed by atoms with Crippen molar-refractivity contribution >= 4 is 31.9 Å². The third-order valence-corrected chi connectivity index (χ3v) is 5.98. The Hall–Kier alpha value is -1.60. The summed E-state index contributed by atoms with van der Waals surface area (Å²) in [7, 11) is 0. The molecule has 6 heteroatoms.